The molecule has 4 atom stereocenters. The first-order valence-electron chi connectivity index (χ1n) is 4.40. The van der Waals surface area contributed by atoms with Gasteiger partial charge >= 0.3 is 0 Å². The van der Waals surface area contributed by atoms with E-state index in [4.69, 9.17) is 9.84 Å². The smallest absolute Gasteiger partial charge is 0.121 e. The van der Waals surface area contributed by atoms with Gasteiger partial charge in [-0.05, 0) is 11.4 Å². The second kappa shape index (κ2) is 3.96. The van der Waals surface area contributed by atoms with E-state index in [1.165, 1.54) is 11.3 Å². The van der Waals surface area contributed by atoms with E-state index in [0.29, 0.717) is 0 Å². The van der Waals surface area contributed by atoms with Gasteiger partial charge in [0.25, 0.3) is 0 Å². The van der Waals surface area contributed by atoms with Crippen LogP contribution in [0.15, 0.2) is 17.5 Å². The van der Waals surface area contributed by atoms with E-state index in [9.17, 15) is 10.2 Å². The minimum absolute atomic E-state index is 0.278. The van der Waals surface area contributed by atoms with Gasteiger partial charge in [0.1, 0.15) is 24.4 Å². The number of hydrogen-bond donors (Lipinski definition) is 3. The maximum absolute atomic E-state index is 9.65. The van der Waals surface area contributed by atoms with Crippen LogP contribution in [0.3, 0.4) is 0 Å². The Balaban J connectivity index is 2.16. The maximum atomic E-state index is 9.65. The van der Waals surface area contributed by atoms with Crippen LogP contribution in [0.25, 0.3) is 0 Å². The second-order valence-electron chi connectivity index (χ2n) is 3.27. The Labute approximate surface area is 85.4 Å². The van der Waals surface area contributed by atoms with Crippen molar-refractivity contribution in [3.05, 3.63) is 22.4 Å². The molecular weight excluding hydrogens is 204 g/mol. The standard InChI is InChI=1S/C9H12O4S/c10-4-5-7(11)8(12)9(13-5)6-2-1-3-14-6/h1-3,5,7-12H,4H2/t5-,7-,8-,9?/m1/s1. The van der Waals surface area contributed by atoms with Gasteiger partial charge in [0.2, 0.25) is 0 Å². The lowest BCUT2D eigenvalue weighted by Gasteiger charge is -2.12. The molecular formula is C9H12O4S. The molecule has 0 aliphatic carbocycles. The summed E-state index contributed by atoms with van der Waals surface area (Å²) in [4.78, 5) is 0.868. The first kappa shape index (κ1) is 10.1. The van der Waals surface area contributed by atoms with Gasteiger partial charge in [0.05, 0.1) is 6.61 Å². The number of hydrogen-bond acceptors (Lipinski definition) is 5. The van der Waals surface area contributed by atoms with Crippen LogP contribution >= 0.6 is 11.3 Å². The molecule has 0 amide bonds. The van der Waals surface area contributed by atoms with Crippen molar-refractivity contribution in [2.75, 3.05) is 6.61 Å². The number of rotatable bonds is 2. The minimum atomic E-state index is -1.01. The van der Waals surface area contributed by atoms with E-state index in [-0.39, 0.29) is 6.61 Å². The summed E-state index contributed by atoms with van der Waals surface area (Å²) in [6.45, 7) is -0.278. The predicted octanol–water partition coefficient (Wildman–Crippen LogP) is -0.0979. The Bertz CT molecular complexity index is 287. The number of ether oxygens (including phenoxy) is 1. The Morgan fingerprint density at radius 3 is 2.64 bits per heavy atom. The summed E-state index contributed by atoms with van der Waals surface area (Å²) in [6, 6.07) is 3.69. The highest BCUT2D eigenvalue weighted by molar-refractivity contribution is 7.10. The summed E-state index contributed by atoms with van der Waals surface area (Å²) in [5.74, 6) is 0. The Morgan fingerprint density at radius 2 is 2.14 bits per heavy atom. The molecule has 1 unspecified atom stereocenters. The van der Waals surface area contributed by atoms with Gasteiger partial charge in [0.15, 0.2) is 0 Å². The lowest BCUT2D eigenvalue weighted by Crippen LogP contribution is -2.32. The van der Waals surface area contributed by atoms with Gasteiger partial charge in [-0.25, -0.2) is 0 Å². The van der Waals surface area contributed by atoms with Crippen LogP contribution in [0.1, 0.15) is 11.0 Å². The Hall–Kier alpha value is -0.460. The zero-order valence-electron chi connectivity index (χ0n) is 7.41. The van der Waals surface area contributed by atoms with Crippen molar-refractivity contribution in [1.29, 1.82) is 0 Å². The van der Waals surface area contributed by atoms with Crippen molar-refractivity contribution < 1.29 is 20.1 Å². The molecule has 1 aliphatic rings. The van der Waals surface area contributed by atoms with E-state index in [2.05, 4.69) is 0 Å². The molecule has 1 saturated heterocycles. The normalized spacial score (nSPS) is 37.6. The third-order valence-electron chi connectivity index (χ3n) is 2.37. The summed E-state index contributed by atoms with van der Waals surface area (Å²) in [7, 11) is 0. The van der Waals surface area contributed by atoms with Gasteiger partial charge in [-0.3, -0.25) is 0 Å². The molecule has 1 aliphatic heterocycles. The quantitative estimate of drug-likeness (QED) is 0.646. The molecule has 78 valence electrons. The molecule has 0 spiro atoms. The van der Waals surface area contributed by atoms with Crippen molar-refractivity contribution >= 4 is 11.3 Å². The first-order chi connectivity index (χ1) is 6.74. The van der Waals surface area contributed by atoms with Crippen LogP contribution in [0.2, 0.25) is 0 Å². The summed E-state index contributed by atoms with van der Waals surface area (Å²) in [5, 5.41) is 29.9. The van der Waals surface area contributed by atoms with Crippen molar-refractivity contribution in [3.8, 4) is 0 Å². The largest absolute Gasteiger partial charge is 0.394 e. The summed E-state index contributed by atoms with van der Waals surface area (Å²) in [6.07, 6.45) is -3.16. The monoisotopic (exact) mass is 216 g/mol. The van der Waals surface area contributed by atoms with Crippen molar-refractivity contribution in [2.45, 2.75) is 24.4 Å². The lowest BCUT2D eigenvalue weighted by atomic mass is 10.1. The van der Waals surface area contributed by atoms with Crippen LogP contribution in [-0.4, -0.2) is 40.2 Å². The first-order valence-corrected chi connectivity index (χ1v) is 5.28. The zero-order valence-corrected chi connectivity index (χ0v) is 8.22. The summed E-state index contributed by atoms with van der Waals surface area (Å²) in [5.41, 5.74) is 0. The van der Waals surface area contributed by atoms with Crippen LogP contribution in [0, 0.1) is 0 Å². The summed E-state index contributed by atoms with van der Waals surface area (Å²) < 4.78 is 5.34. The highest BCUT2D eigenvalue weighted by Crippen LogP contribution is 2.35. The molecule has 1 aromatic rings. The molecule has 0 radical (unpaired) electrons. The van der Waals surface area contributed by atoms with Crippen LogP contribution in [-0.2, 0) is 4.74 Å². The average Bonchev–Trinajstić information content (AvgIpc) is 2.78. The molecule has 0 bridgehead atoms. The minimum Gasteiger partial charge on any atom is -0.394 e. The molecule has 0 saturated carbocycles. The molecule has 1 aromatic heterocycles. The number of thiophene rings is 1. The highest BCUT2D eigenvalue weighted by atomic mass is 32.1. The van der Waals surface area contributed by atoms with E-state index in [1.54, 1.807) is 0 Å². The molecule has 2 rings (SSSR count). The molecule has 3 N–H and O–H groups in total. The Kier molecular flexibility index (Phi) is 2.85. The van der Waals surface area contributed by atoms with Gasteiger partial charge in [-0.1, -0.05) is 6.07 Å². The molecule has 2 heterocycles. The Morgan fingerprint density at radius 1 is 1.36 bits per heavy atom. The molecule has 4 nitrogen and oxygen atoms in total. The van der Waals surface area contributed by atoms with Crippen molar-refractivity contribution in [1.82, 2.24) is 0 Å². The highest BCUT2D eigenvalue weighted by Gasteiger charge is 2.43. The van der Waals surface area contributed by atoms with Crippen molar-refractivity contribution in [2.24, 2.45) is 0 Å². The number of aliphatic hydroxyl groups is 3. The molecule has 0 aromatic carbocycles. The molecule has 5 heteroatoms. The van der Waals surface area contributed by atoms with Gasteiger partial charge in [-0.15, -0.1) is 11.3 Å². The van der Waals surface area contributed by atoms with E-state index < -0.39 is 24.4 Å². The topological polar surface area (TPSA) is 69.9 Å². The molecule has 14 heavy (non-hydrogen) atoms. The number of aliphatic hydroxyl groups excluding tert-OH is 3. The van der Waals surface area contributed by atoms with Crippen molar-refractivity contribution in [3.63, 3.8) is 0 Å². The van der Waals surface area contributed by atoms with Gasteiger partial charge < -0.3 is 20.1 Å². The third kappa shape index (κ3) is 1.57. The van der Waals surface area contributed by atoms with Gasteiger partial charge in [0, 0.05) is 4.88 Å². The van der Waals surface area contributed by atoms with Crippen LogP contribution < -0.4 is 0 Å². The summed E-state index contributed by atoms with van der Waals surface area (Å²) >= 11 is 1.46. The van der Waals surface area contributed by atoms with Crippen LogP contribution in [0.5, 0.6) is 0 Å². The predicted molar refractivity (Wildman–Crippen MR) is 51.0 cm³/mol. The third-order valence-corrected chi connectivity index (χ3v) is 3.30. The fourth-order valence-corrected chi connectivity index (χ4v) is 2.39. The lowest BCUT2D eigenvalue weighted by molar-refractivity contribution is -0.0217. The van der Waals surface area contributed by atoms with Crippen LogP contribution in [0.4, 0.5) is 0 Å². The zero-order chi connectivity index (χ0) is 10.1. The van der Waals surface area contributed by atoms with E-state index in [0.717, 1.165) is 4.88 Å². The SMILES string of the molecule is OC[C@H]1OC(c2cccs2)[C@H](O)[C@@H]1O. The second-order valence-corrected chi connectivity index (χ2v) is 4.25. The maximum Gasteiger partial charge on any atom is 0.121 e. The molecule has 1 fully saturated rings. The average molecular weight is 216 g/mol. The van der Waals surface area contributed by atoms with E-state index >= 15 is 0 Å². The van der Waals surface area contributed by atoms with Gasteiger partial charge in [-0.2, -0.15) is 0 Å². The fraction of sp³-hybridized carbons (Fsp3) is 0.556. The van der Waals surface area contributed by atoms with E-state index in [1.807, 2.05) is 17.5 Å². The fourth-order valence-electron chi connectivity index (χ4n) is 1.59.